The van der Waals surface area contributed by atoms with E-state index in [1.54, 1.807) is 12.1 Å². The molecule has 0 aromatic heterocycles. The van der Waals surface area contributed by atoms with Crippen LogP contribution in [0.25, 0.3) is 0 Å². The maximum absolute atomic E-state index is 12.2. The summed E-state index contributed by atoms with van der Waals surface area (Å²) in [6, 6.07) is 7.26. The molecule has 0 radical (unpaired) electrons. The van der Waals surface area contributed by atoms with Crippen molar-refractivity contribution in [3.63, 3.8) is 0 Å². The molecule has 1 saturated carbocycles. The van der Waals surface area contributed by atoms with Crippen molar-refractivity contribution in [2.24, 2.45) is 0 Å². The van der Waals surface area contributed by atoms with Gasteiger partial charge in [-0.25, -0.2) is 0 Å². The van der Waals surface area contributed by atoms with Gasteiger partial charge in [0.1, 0.15) is 0 Å². The van der Waals surface area contributed by atoms with Crippen LogP contribution in [0, 0.1) is 0 Å². The number of hydrogen-bond donors (Lipinski definition) is 1. The molecule has 0 spiro atoms. The SMILES string of the molecule is CN(C)C1(CNC(=O)CCC(=O)c2ccc(Br)cc2)CCCCC1. The Morgan fingerprint density at radius 3 is 2.29 bits per heavy atom. The van der Waals surface area contributed by atoms with Crippen LogP contribution in [-0.4, -0.2) is 42.8 Å². The second-order valence-electron chi connectivity index (χ2n) is 6.89. The van der Waals surface area contributed by atoms with Crippen LogP contribution in [0.15, 0.2) is 28.7 Å². The van der Waals surface area contributed by atoms with Crippen LogP contribution < -0.4 is 5.32 Å². The molecule has 0 heterocycles. The van der Waals surface area contributed by atoms with E-state index in [1.165, 1.54) is 19.3 Å². The molecule has 0 unspecified atom stereocenters. The molecular formula is C19H27BrN2O2. The van der Waals surface area contributed by atoms with E-state index >= 15 is 0 Å². The molecular weight excluding hydrogens is 368 g/mol. The van der Waals surface area contributed by atoms with Crippen LogP contribution in [0.5, 0.6) is 0 Å². The fourth-order valence-corrected chi connectivity index (χ4v) is 3.62. The van der Waals surface area contributed by atoms with Crippen molar-refractivity contribution in [3.05, 3.63) is 34.3 Å². The Balaban J connectivity index is 1.80. The molecule has 5 heteroatoms. The van der Waals surface area contributed by atoms with Gasteiger partial charge in [0, 0.05) is 35.0 Å². The van der Waals surface area contributed by atoms with Gasteiger partial charge in [-0.15, -0.1) is 0 Å². The topological polar surface area (TPSA) is 49.4 Å². The van der Waals surface area contributed by atoms with Gasteiger partial charge in [0.2, 0.25) is 5.91 Å². The predicted molar refractivity (Wildman–Crippen MR) is 100 cm³/mol. The summed E-state index contributed by atoms with van der Waals surface area (Å²) in [6.45, 7) is 0.672. The van der Waals surface area contributed by atoms with Gasteiger partial charge < -0.3 is 10.2 Å². The molecule has 0 aliphatic heterocycles. The van der Waals surface area contributed by atoms with Gasteiger partial charge in [-0.05, 0) is 39.1 Å². The van der Waals surface area contributed by atoms with Gasteiger partial charge in [0.15, 0.2) is 5.78 Å². The molecule has 1 aliphatic carbocycles. The standard InChI is InChI=1S/C19H27BrN2O2/c1-22(2)19(12-4-3-5-13-19)14-21-18(24)11-10-17(23)15-6-8-16(20)9-7-15/h6-9H,3-5,10-14H2,1-2H3,(H,21,24). The van der Waals surface area contributed by atoms with Crippen molar-refractivity contribution < 1.29 is 9.59 Å². The molecule has 1 amide bonds. The average molecular weight is 395 g/mol. The third-order valence-electron chi connectivity index (χ3n) is 5.09. The number of amides is 1. The summed E-state index contributed by atoms with van der Waals surface area (Å²) in [5.74, 6) is -0.0232. The third-order valence-corrected chi connectivity index (χ3v) is 5.62. The van der Waals surface area contributed by atoms with Crippen molar-refractivity contribution in [2.45, 2.75) is 50.5 Å². The van der Waals surface area contributed by atoms with E-state index in [9.17, 15) is 9.59 Å². The first-order chi connectivity index (χ1) is 11.4. The van der Waals surface area contributed by atoms with Gasteiger partial charge in [-0.3, -0.25) is 9.59 Å². The summed E-state index contributed by atoms with van der Waals surface area (Å²) < 4.78 is 0.943. The average Bonchev–Trinajstić information content (AvgIpc) is 2.59. The Hall–Kier alpha value is -1.20. The van der Waals surface area contributed by atoms with E-state index in [0.717, 1.165) is 17.3 Å². The van der Waals surface area contributed by atoms with Crippen LogP contribution in [0.3, 0.4) is 0 Å². The second-order valence-corrected chi connectivity index (χ2v) is 7.80. The number of carbonyl (C=O) groups excluding carboxylic acids is 2. The number of ketones is 1. The minimum absolute atomic E-state index is 0.0117. The molecule has 1 aromatic rings. The van der Waals surface area contributed by atoms with Crippen molar-refractivity contribution in [2.75, 3.05) is 20.6 Å². The maximum atomic E-state index is 12.2. The highest BCUT2D eigenvalue weighted by atomic mass is 79.9. The minimum atomic E-state index is -0.0349. The third kappa shape index (κ3) is 5.15. The van der Waals surface area contributed by atoms with E-state index in [4.69, 9.17) is 0 Å². The Morgan fingerprint density at radius 1 is 1.08 bits per heavy atom. The molecule has 132 valence electrons. The van der Waals surface area contributed by atoms with Crippen molar-refractivity contribution in [1.82, 2.24) is 10.2 Å². The number of likely N-dealkylation sites (N-methyl/N-ethyl adjacent to an activating group) is 1. The van der Waals surface area contributed by atoms with Gasteiger partial charge in [-0.1, -0.05) is 47.3 Å². The van der Waals surface area contributed by atoms with E-state index < -0.39 is 0 Å². The summed E-state index contributed by atoms with van der Waals surface area (Å²) in [5.41, 5.74) is 0.729. The highest BCUT2D eigenvalue weighted by molar-refractivity contribution is 9.10. The molecule has 0 saturated heterocycles. The predicted octanol–water partition coefficient (Wildman–Crippen LogP) is 3.79. The summed E-state index contributed by atoms with van der Waals surface area (Å²) in [4.78, 5) is 26.5. The van der Waals surface area contributed by atoms with Crippen molar-refractivity contribution in [1.29, 1.82) is 0 Å². The normalized spacial score (nSPS) is 16.8. The first-order valence-corrected chi connectivity index (χ1v) is 9.45. The monoisotopic (exact) mass is 394 g/mol. The molecule has 24 heavy (non-hydrogen) atoms. The number of benzene rings is 1. The first-order valence-electron chi connectivity index (χ1n) is 8.66. The van der Waals surface area contributed by atoms with E-state index in [-0.39, 0.29) is 30.1 Å². The molecule has 1 aromatic carbocycles. The van der Waals surface area contributed by atoms with Crippen LogP contribution >= 0.6 is 15.9 Å². The lowest BCUT2D eigenvalue weighted by Gasteiger charge is -2.43. The lowest BCUT2D eigenvalue weighted by atomic mass is 9.80. The minimum Gasteiger partial charge on any atom is -0.354 e. The smallest absolute Gasteiger partial charge is 0.220 e. The maximum Gasteiger partial charge on any atom is 0.220 e. The van der Waals surface area contributed by atoms with Crippen molar-refractivity contribution >= 4 is 27.6 Å². The van der Waals surface area contributed by atoms with Gasteiger partial charge in [-0.2, -0.15) is 0 Å². The van der Waals surface area contributed by atoms with Crippen LogP contribution in [-0.2, 0) is 4.79 Å². The zero-order chi connectivity index (χ0) is 17.6. The zero-order valence-electron chi connectivity index (χ0n) is 14.6. The van der Waals surface area contributed by atoms with Crippen LogP contribution in [0.2, 0.25) is 0 Å². The zero-order valence-corrected chi connectivity index (χ0v) is 16.2. The molecule has 0 bridgehead atoms. The molecule has 0 atom stereocenters. The fourth-order valence-electron chi connectivity index (χ4n) is 3.35. The largest absolute Gasteiger partial charge is 0.354 e. The summed E-state index contributed by atoms with van der Waals surface area (Å²) >= 11 is 3.35. The number of Topliss-reactive ketones (excluding diaryl/α,β-unsaturated/α-hetero) is 1. The van der Waals surface area contributed by atoms with E-state index in [2.05, 4.69) is 40.2 Å². The molecule has 2 rings (SSSR count). The first kappa shape index (κ1) is 19.1. The quantitative estimate of drug-likeness (QED) is 0.715. The van der Waals surface area contributed by atoms with Gasteiger partial charge in [0.05, 0.1) is 0 Å². The fraction of sp³-hybridized carbons (Fsp3) is 0.579. The van der Waals surface area contributed by atoms with Gasteiger partial charge >= 0.3 is 0 Å². The number of nitrogens with one attached hydrogen (secondary N) is 1. The molecule has 1 fully saturated rings. The Bertz CT molecular complexity index is 563. The number of nitrogens with zero attached hydrogens (tertiary/aromatic N) is 1. The molecule has 1 N–H and O–H groups in total. The number of hydrogen-bond acceptors (Lipinski definition) is 3. The molecule has 4 nitrogen and oxygen atoms in total. The summed E-state index contributed by atoms with van der Waals surface area (Å²) in [7, 11) is 4.18. The second kappa shape index (κ2) is 8.77. The number of halogens is 1. The number of carbonyl (C=O) groups is 2. The lowest BCUT2D eigenvalue weighted by Crippen LogP contribution is -2.53. The number of rotatable bonds is 7. The summed E-state index contributed by atoms with van der Waals surface area (Å²) in [6.07, 6.45) is 6.47. The van der Waals surface area contributed by atoms with E-state index in [1.807, 2.05) is 12.1 Å². The Kier molecular flexibility index (Phi) is 6.99. The Morgan fingerprint density at radius 2 is 1.71 bits per heavy atom. The highest BCUT2D eigenvalue weighted by Crippen LogP contribution is 2.31. The highest BCUT2D eigenvalue weighted by Gasteiger charge is 2.34. The van der Waals surface area contributed by atoms with Crippen LogP contribution in [0.1, 0.15) is 55.3 Å². The van der Waals surface area contributed by atoms with Crippen molar-refractivity contribution in [3.8, 4) is 0 Å². The van der Waals surface area contributed by atoms with E-state index in [0.29, 0.717) is 12.1 Å². The summed E-state index contributed by atoms with van der Waals surface area (Å²) in [5, 5.41) is 3.05. The van der Waals surface area contributed by atoms with Crippen LogP contribution in [0.4, 0.5) is 0 Å². The molecule has 1 aliphatic rings. The lowest BCUT2D eigenvalue weighted by molar-refractivity contribution is -0.121. The van der Waals surface area contributed by atoms with Gasteiger partial charge in [0.25, 0.3) is 0 Å². The Labute approximate surface area is 153 Å².